The number of methoxy groups -OCH3 is 1. The molecule has 0 aromatic rings. The normalized spacial score (nSPS) is 44.5. The predicted molar refractivity (Wildman–Crippen MR) is 68.9 cm³/mol. The second kappa shape index (κ2) is 4.43. The van der Waals surface area contributed by atoms with Crippen LogP contribution in [0, 0.1) is 17.8 Å². The second-order valence-electron chi connectivity index (χ2n) is 6.27. The zero-order valence-electron chi connectivity index (χ0n) is 11.8. The number of aliphatic carboxylic acids is 1. The van der Waals surface area contributed by atoms with Crippen molar-refractivity contribution in [1.29, 1.82) is 0 Å². The van der Waals surface area contributed by atoms with Crippen molar-refractivity contribution in [1.82, 2.24) is 4.90 Å². The van der Waals surface area contributed by atoms with Crippen LogP contribution in [0.5, 0.6) is 0 Å². The van der Waals surface area contributed by atoms with Gasteiger partial charge in [-0.05, 0) is 19.8 Å². The van der Waals surface area contributed by atoms with E-state index >= 15 is 0 Å². The summed E-state index contributed by atoms with van der Waals surface area (Å²) in [7, 11) is 1.64. The number of β-lactam (4-membered cyclic amide) rings is 1. The minimum absolute atomic E-state index is 0.0121. The number of ether oxygens (including phenoxy) is 1. The van der Waals surface area contributed by atoms with Crippen LogP contribution in [0.3, 0.4) is 0 Å². The number of carboxylic acids is 1. The Bertz CT molecular complexity index is 451. The maximum atomic E-state index is 12.2. The van der Waals surface area contributed by atoms with E-state index in [4.69, 9.17) is 4.74 Å². The standard InChI is InChI=1S/C14H21NO5/c1-7(16)11-12(17)15-6-8-9(14(11,15)13(18)19)4-3-5-10(8)20-2/h7-11,16H,3-6H2,1-2H3,(H,18,19)/t7-,8?,9?,10?,11?,14?/m1/s1. The Hall–Kier alpha value is -1.14. The summed E-state index contributed by atoms with van der Waals surface area (Å²) in [6.45, 7) is 1.95. The van der Waals surface area contributed by atoms with Crippen LogP contribution in [0.25, 0.3) is 0 Å². The first-order valence-corrected chi connectivity index (χ1v) is 7.22. The van der Waals surface area contributed by atoms with Crippen LogP contribution < -0.4 is 0 Å². The van der Waals surface area contributed by atoms with Crippen LogP contribution in [-0.2, 0) is 14.3 Å². The van der Waals surface area contributed by atoms with Gasteiger partial charge in [-0.3, -0.25) is 4.79 Å². The van der Waals surface area contributed by atoms with Gasteiger partial charge in [-0.15, -0.1) is 0 Å². The predicted octanol–water partition coefficient (Wildman–Crippen LogP) is 0.0939. The van der Waals surface area contributed by atoms with Crippen molar-refractivity contribution >= 4 is 11.9 Å². The van der Waals surface area contributed by atoms with Crippen molar-refractivity contribution in [2.75, 3.05) is 13.7 Å². The molecule has 6 nitrogen and oxygen atoms in total. The fourth-order valence-electron chi connectivity index (χ4n) is 4.81. The van der Waals surface area contributed by atoms with E-state index in [-0.39, 0.29) is 23.8 Å². The van der Waals surface area contributed by atoms with E-state index in [1.54, 1.807) is 7.11 Å². The van der Waals surface area contributed by atoms with E-state index in [1.165, 1.54) is 11.8 Å². The third-order valence-corrected chi connectivity index (χ3v) is 5.54. The lowest BCUT2D eigenvalue weighted by atomic mass is 9.61. The van der Waals surface area contributed by atoms with Gasteiger partial charge in [0.25, 0.3) is 0 Å². The molecule has 2 N–H and O–H groups in total. The van der Waals surface area contributed by atoms with Gasteiger partial charge in [-0.25, -0.2) is 4.79 Å². The highest BCUT2D eigenvalue weighted by Crippen LogP contribution is 2.57. The lowest BCUT2D eigenvalue weighted by Gasteiger charge is -2.54. The van der Waals surface area contributed by atoms with Crippen molar-refractivity contribution < 1.29 is 24.5 Å². The van der Waals surface area contributed by atoms with Crippen molar-refractivity contribution in [2.45, 2.75) is 43.9 Å². The molecule has 0 bridgehead atoms. The SMILES string of the molecule is COC1CCCC2C1CN1C(=O)C([C@@H](C)O)C21C(=O)O. The van der Waals surface area contributed by atoms with Gasteiger partial charge in [-0.2, -0.15) is 0 Å². The molecule has 1 amide bonds. The number of carbonyl (C=O) groups excluding carboxylic acids is 1. The topological polar surface area (TPSA) is 87.1 Å². The Kier molecular flexibility index (Phi) is 3.06. The maximum absolute atomic E-state index is 12.2. The molecule has 0 aromatic carbocycles. The van der Waals surface area contributed by atoms with E-state index in [0.717, 1.165) is 19.3 Å². The lowest BCUT2D eigenvalue weighted by molar-refractivity contribution is -0.196. The number of aliphatic hydroxyl groups is 1. The molecule has 5 unspecified atom stereocenters. The summed E-state index contributed by atoms with van der Waals surface area (Å²) in [5.41, 5.74) is -1.22. The van der Waals surface area contributed by atoms with Crippen LogP contribution in [0.2, 0.25) is 0 Å². The molecule has 2 aliphatic heterocycles. The maximum Gasteiger partial charge on any atom is 0.330 e. The Morgan fingerprint density at radius 3 is 2.75 bits per heavy atom. The number of carboxylic acid groups (broad SMARTS) is 1. The minimum Gasteiger partial charge on any atom is -0.479 e. The molecule has 3 rings (SSSR count). The number of hydrogen-bond donors (Lipinski definition) is 2. The fourth-order valence-corrected chi connectivity index (χ4v) is 4.81. The molecule has 1 saturated carbocycles. The largest absolute Gasteiger partial charge is 0.479 e. The number of amides is 1. The molecule has 3 aliphatic rings. The molecule has 2 heterocycles. The number of carbonyl (C=O) groups is 2. The summed E-state index contributed by atoms with van der Waals surface area (Å²) in [5.74, 6) is -2.07. The van der Waals surface area contributed by atoms with Crippen LogP contribution in [0.4, 0.5) is 0 Å². The highest BCUT2D eigenvalue weighted by atomic mass is 16.5. The van der Waals surface area contributed by atoms with Gasteiger partial charge in [0, 0.05) is 25.5 Å². The average molecular weight is 283 g/mol. The molecule has 0 aromatic heterocycles. The van der Waals surface area contributed by atoms with Gasteiger partial charge in [0.2, 0.25) is 5.91 Å². The minimum atomic E-state index is -1.22. The van der Waals surface area contributed by atoms with E-state index in [9.17, 15) is 19.8 Å². The van der Waals surface area contributed by atoms with E-state index in [0.29, 0.717) is 6.54 Å². The van der Waals surface area contributed by atoms with Gasteiger partial charge in [-0.1, -0.05) is 6.42 Å². The highest BCUT2D eigenvalue weighted by molar-refractivity contribution is 6.02. The molecule has 3 fully saturated rings. The third kappa shape index (κ3) is 1.41. The van der Waals surface area contributed by atoms with Crippen LogP contribution in [0.1, 0.15) is 26.2 Å². The number of aliphatic hydroxyl groups excluding tert-OH is 1. The molecule has 0 spiro atoms. The van der Waals surface area contributed by atoms with Crippen LogP contribution in [-0.4, -0.2) is 58.4 Å². The van der Waals surface area contributed by atoms with Gasteiger partial charge in [0.15, 0.2) is 5.54 Å². The number of nitrogens with zero attached hydrogens (tertiary/aromatic N) is 1. The highest BCUT2D eigenvalue weighted by Gasteiger charge is 2.75. The molecule has 0 radical (unpaired) electrons. The monoisotopic (exact) mass is 283 g/mol. The Balaban J connectivity index is 2.02. The molecular weight excluding hydrogens is 262 g/mol. The summed E-state index contributed by atoms with van der Waals surface area (Å²) >= 11 is 0. The first kappa shape index (κ1) is 13.8. The molecule has 20 heavy (non-hydrogen) atoms. The molecule has 2 saturated heterocycles. The summed E-state index contributed by atoms with van der Waals surface area (Å²) < 4.78 is 5.49. The van der Waals surface area contributed by atoms with E-state index in [2.05, 4.69) is 0 Å². The van der Waals surface area contributed by atoms with Crippen molar-refractivity contribution in [3.05, 3.63) is 0 Å². The smallest absolute Gasteiger partial charge is 0.330 e. The van der Waals surface area contributed by atoms with Gasteiger partial charge >= 0.3 is 5.97 Å². The first-order chi connectivity index (χ1) is 9.46. The lowest BCUT2D eigenvalue weighted by Crippen LogP contribution is -2.76. The number of hydrogen-bond acceptors (Lipinski definition) is 4. The summed E-state index contributed by atoms with van der Waals surface area (Å²) in [4.78, 5) is 25.6. The fraction of sp³-hybridized carbons (Fsp3) is 0.857. The molecule has 1 aliphatic carbocycles. The van der Waals surface area contributed by atoms with Crippen molar-refractivity contribution in [2.24, 2.45) is 17.8 Å². The zero-order valence-corrected chi connectivity index (χ0v) is 11.8. The van der Waals surface area contributed by atoms with E-state index < -0.39 is 23.5 Å². The molecule has 112 valence electrons. The summed E-state index contributed by atoms with van der Waals surface area (Å²) in [5, 5.41) is 19.7. The average Bonchev–Trinajstić information content (AvgIpc) is 2.69. The summed E-state index contributed by atoms with van der Waals surface area (Å²) in [6.07, 6.45) is 1.68. The quantitative estimate of drug-likeness (QED) is 0.717. The molecular formula is C14H21NO5. The second-order valence-corrected chi connectivity index (χ2v) is 6.27. The van der Waals surface area contributed by atoms with Crippen molar-refractivity contribution in [3.63, 3.8) is 0 Å². The van der Waals surface area contributed by atoms with Gasteiger partial charge < -0.3 is 19.8 Å². The molecule has 6 atom stereocenters. The third-order valence-electron chi connectivity index (χ3n) is 5.54. The van der Waals surface area contributed by atoms with Crippen molar-refractivity contribution in [3.8, 4) is 0 Å². The number of rotatable bonds is 3. The van der Waals surface area contributed by atoms with E-state index in [1.807, 2.05) is 0 Å². The Labute approximate surface area is 117 Å². The Morgan fingerprint density at radius 2 is 2.20 bits per heavy atom. The first-order valence-electron chi connectivity index (χ1n) is 7.22. The zero-order chi connectivity index (χ0) is 14.7. The van der Waals surface area contributed by atoms with Crippen LogP contribution >= 0.6 is 0 Å². The van der Waals surface area contributed by atoms with Gasteiger partial charge in [0.05, 0.1) is 18.1 Å². The van der Waals surface area contributed by atoms with Gasteiger partial charge in [0.1, 0.15) is 0 Å². The number of fused-ring (bicyclic) bond motifs is 3. The molecule has 6 heteroatoms. The Morgan fingerprint density at radius 1 is 1.50 bits per heavy atom. The summed E-state index contributed by atoms with van der Waals surface area (Å²) in [6, 6.07) is 0. The van der Waals surface area contributed by atoms with Crippen LogP contribution in [0.15, 0.2) is 0 Å².